The van der Waals surface area contributed by atoms with Crippen molar-refractivity contribution in [1.29, 1.82) is 15.8 Å². The molecule has 104 heavy (non-hydrogen) atoms. The molecule has 4 unspecified atom stereocenters. The topological polar surface area (TPSA) is 314 Å². The van der Waals surface area contributed by atoms with Crippen LogP contribution in [0.5, 0.6) is 0 Å². The van der Waals surface area contributed by atoms with E-state index < -0.39 is 48.8 Å². The minimum Gasteiger partial charge on any atom is -0.780 e. The third-order valence-electron chi connectivity index (χ3n) is 14.8. The summed E-state index contributed by atoms with van der Waals surface area (Å²) in [5, 5.41) is 43.8. The molecular formula is C67H136B5N4O22P4S2-. The fraction of sp³-hybridized carbons (Fsp3) is 0.955. The van der Waals surface area contributed by atoms with Crippen LogP contribution in [0.25, 0.3) is 0 Å². The first kappa shape index (κ1) is 120. The molecule has 604 valence electrons. The summed E-state index contributed by atoms with van der Waals surface area (Å²) in [4.78, 5) is 11.1. The smallest absolute Gasteiger partial charge is 0.332 e. The van der Waals surface area contributed by atoms with Gasteiger partial charge in [-0.25, -0.2) is 4.67 Å². The van der Waals surface area contributed by atoms with Gasteiger partial charge in [-0.15, -0.1) is 0 Å². The van der Waals surface area contributed by atoms with Gasteiger partial charge in [-0.05, 0) is 73.6 Å². The van der Waals surface area contributed by atoms with Gasteiger partial charge in [0.05, 0.1) is 145 Å². The fourth-order valence-electron chi connectivity index (χ4n) is 8.81. The van der Waals surface area contributed by atoms with Gasteiger partial charge in [-0.1, -0.05) is 119 Å². The molecule has 26 nitrogen and oxygen atoms in total. The van der Waals surface area contributed by atoms with Crippen LogP contribution in [0.4, 0.5) is 0 Å². The summed E-state index contributed by atoms with van der Waals surface area (Å²) in [6.07, 6.45) is 14.5. The van der Waals surface area contributed by atoms with Gasteiger partial charge in [-0.3, -0.25) is 0 Å². The van der Waals surface area contributed by atoms with Crippen molar-refractivity contribution in [3.63, 3.8) is 0 Å². The molecule has 0 aromatic rings. The quantitative estimate of drug-likeness (QED) is 0.0334. The Balaban J connectivity index is -0.000000176. The van der Waals surface area contributed by atoms with Crippen molar-refractivity contribution in [2.24, 2.45) is 0 Å². The first-order valence-electron chi connectivity index (χ1n) is 35.5. The Kier molecular flexibility index (Phi) is 88.7. The van der Waals surface area contributed by atoms with E-state index in [1.807, 2.05) is 39.8 Å². The highest BCUT2D eigenvalue weighted by Gasteiger charge is 2.39. The number of hydrogen-bond donors (Lipinski definition) is 2. The first-order chi connectivity index (χ1) is 47.5. The molecule has 5 heterocycles. The lowest BCUT2D eigenvalue weighted by atomic mass is 9.96. The SMILES string of the molecule is CCCC.CCCC.CCCC.CCCC.CO[C@H]1C[C@H](C)O[C@@H]1CO.CO[C@H]1C[C@H](C)O[C@@H]1COP(=S)(OC)OCCC#N.CO[C@H]1C[C@H](C)O[C@@H]1COP(OC)OCCC#N.CO[C@H]1C[C@H](C)O[C@@H]1COP(OCCC#N)N(C(C)C)C(C)C.[B].[B].[B].[B].[B][C@H]1C[C@H](O)[C@@H](COP([O-])(=S)OC)O1. The zero-order valence-corrected chi connectivity index (χ0v) is 72.8. The maximum Gasteiger partial charge on any atom is 0.332 e. The van der Waals surface area contributed by atoms with Crippen LogP contribution in [0.1, 0.15) is 214 Å². The molecule has 5 aliphatic rings. The summed E-state index contributed by atoms with van der Waals surface area (Å²) in [6.45, 7) is 29.7. The Morgan fingerprint density at radius 2 is 0.837 bits per heavy atom. The predicted octanol–water partition coefficient (Wildman–Crippen LogP) is 12.2. The van der Waals surface area contributed by atoms with E-state index in [0.717, 1.165) is 25.7 Å². The van der Waals surface area contributed by atoms with E-state index in [0.29, 0.717) is 57.8 Å². The molecule has 0 aliphatic carbocycles. The molecule has 14 radical (unpaired) electrons. The lowest BCUT2D eigenvalue weighted by Crippen LogP contribution is -2.35. The summed E-state index contributed by atoms with van der Waals surface area (Å²) in [6, 6.07) is 6.16. The average molecular weight is 1590 g/mol. The maximum atomic E-state index is 11.1. The van der Waals surface area contributed by atoms with E-state index in [1.54, 1.807) is 28.4 Å². The second-order valence-electron chi connectivity index (χ2n) is 24.1. The number of aliphatic hydroxyl groups is 2. The summed E-state index contributed by atoms with van der Waals surface area (Å²) < 4.78 is 104. The van der Waals surface area contributed by atoms with Gasteiger partial charge in [0.2, 0.25) is 0 Å². The molecule has 0 amide bonds. The Morgan fingerprint density at radius 3 is 1.14 bits per heavy atom. The molecule has 0 aromatic heterocycles. The van der Waals surface area contributed by atoms with Crippen molar-refractivity contribution in [2.45, 2.75) is 317 Å². The van der Waals surface area contributed by atoms with Gasteiger partial charge in [-0.2, -0.15) is 15.8 Å². The standard InChI is InChI=1S/C16H31N2O4P.C11H20NO5PS.C11H20NO5P.C7H14O3.C6H12BO5PS.4C4H10.4B/c1-12(2)18(13(3)4)23(20-9-7-8-17)21-11-16-15(19-6)10-14(5)22-16;1-9-7-10(13-2)11(17-9)8-16-18(19,14-3)15-6-4-5-12;1-9-7-10(13-2)11(17-9)8-16-18(14-3)15-6-4-5-12;1-5-3-6(9-2)7(4-8)10-5;1-10-13(9,14)11-3-5-4(8)2-6(7)12-5;4*1-3-4-2;;;;/h12-16H,7,9-11H2,1-6H3;9-11H,4,6-8H2,1-3H3;9-11H,4,6-8H2,1-3H3;5-8H,3-4H2,1-2H3;4-6,8H,2-3H2,1H3,(H,9,14);4*3-4H2,1-2H3;;;;/p-1/t14-,15-,16+,23?;2*9-,10-,11+,18?;5-,6-,7+;4-,5+,6+,13?;;;;;;;;/m00000......../s1. The molecule has 19 atom stereocenters. The van der Waals surface area contributed by atoms with Gasteiger partial charge in [0.25, 0.3) is 8.53 Å². The van der Waals surface area contributed by atoms with Crippen molar-refractivity contribution in [2.75, 3.05) is 103 Å². The van der Waals surface area contributed by atoms with Crippen molar-refractivity contribution in [3.05, 3.63) is 0 Å². The normalized spacial score (nSPS) is 26.3. The minimum absolute atomic E-state index is 0. The molecule has 2 N–H and O–H groups in total. The van der Waals surface area contributed by atoms with Crippen molar-refractivity contribution < 1.29 is 103 Å². The molecule has 5 rings (SSSR count). The third-order valence-corrected chi connectivity index (χ3v) is 22.1. The monoisotopic (exact) mass is 1590 g/mol. The third kappa shape index (κ3) is 59.7. The Morgan fingerprint density at radius 1 is 0.490 bits per heavy atom. The second-order valence-corrected chi connectivity index (χ2v) is 32.8. The second kappa shape index (κ2) is 77.0. The minimum atomic E-state index is -3.42. The van der Waals surface area contributed by atoms with Crippen LogP contribution in [-0.4, -0.2) is 263 Å². The highest BCUT2D eigenvalue weighted by Crippen LogP contribution is 2.50. The lowest BCUT2D eigenvalue weighted by Gasteiger charge is -2.36. The molecular weight excluding hydrogens is 1450 g/mol. The zero-order valence-electron chi connectivity index (χ0n) is 67.6. The average Bonchev–Trinajstić information content (AvgIpc) is 1.89. The number of aliphatic hydroxyl groups excluding tert-OH is 2. The summed E-state index contributed by atoms with van der Waals surface area (Å²) >= 11 is 9.68. The highest BCUT2D eigenvalue weighted by molar-refractivity contribution is 8.07. The molecule has 5 fully saturated rings. The van der Waals surface area contributed by atoms with E-state index in [4.69, 9.17) is 124 Å². The first-order valence-corrected chi connectivity index (χ1v) is 42.8. The van der Waals surface area contributed by atoms with E-state index in [9.17, 15) is 10.00 Å². The van der Waals surface area contributed by atoms with Crippen LogP contribution in [0, 0.1) is 34.0 Å². The van der Waals surface area contributed by atoms with Gasteiger partial charge in [0.1, 0.15) is 45.1 Å². The van der Waals surface area contributed by atoms with Crippen molar-refractivity contribution in [3.8, 4) is 18.2 Å². The number of ether oxygens (including phenoxy) is 9. The van der Waals surface area contributed by atoms with E-state index in [2.05, 4.69) is 110 Å². The molecule has 5 aliphatic heterocycles. The van der Waals surface area contributed by atoms with Crippen LogP contribution in [0.2, 0.25) is 0 Å². The van der Waals surface area contributed by atoms with Crippen LogP contribution in [0.15, 0.2) is 0 Å². The van der Waals surface area contributed by atoms with Gasteiger partial charge < -0.3 is 103 Å². The number of nitriles is 3. The summed E-state index contributed by atoms with van der Waals surface area (Å²) in [5.41, 5.74) is 0. The molecule has 5 saturated heterocycles. The molecule has 0 aromatic carbocycles. The zero-order chi connectivity index (χ0) is 77.1. The largest absolute Gasteiger partial charge is 0.780 e. The predicted molar refractivity (Wildman–Crippen MR) is 424 cm³/mol. The lowest BCUT2D eigenvalue weighted by molar-refractivity contribution is -0.207. The molecule has 0 saturated carbocycles. The van der Waals surface area contributed by atoms with E-state index in [-0.39, 0.29) is 140 Å². The Labute approximate surface area is 653 Å². The summed E-state index contributed by atoms with van der Waals surface area (Å²) in [7, 11) is 13.6. The number of methoxy groups -OCH3 is 4. The fourth-order valence-corrected chi connectivity index (χ4v) is 13.2. The molecule has 0 spiro atoms. The summed E-state index contributed by atoms with van der Waals surface area (Å²) in [5.74, 6) is 0. The Hall–Kier alpha value is 0.0347. The highest BCUT2D eigenvalue weighted by atomic mass is 32.5. The van der Waals surface area contributed by atoms with E-state index >= 15 is 0 Å². The number of hydrogen-bond acceptors (Lipinski definition) is 28. The molecule has 0 bridgehead atoms. The van der Waals surface area contributed by atoms with Crippen LogP contribution >= 0.6 is 30.6 Å². The maximum absolute atomic E-state index is 11.1. The van der Waals surface area contributed by atoms with Gasteiger partial charge in [0, 0.05) is 127 Å². The van der Waals surface area contributed by atoms with Crippen LogP contribution < -0.4 is 4.89 Å². The van der Waals surface area contributed by atoms with Crippen molar-refractivity contribution in [1.82, 2.24) is 4.67 Å². The van der Waals surface area contributed by atoms with Crippen LogP contribution in [0.3, 0.4) is 0 Å². The number of rotatable bonds is 36. The number of unbranched alkanes of at least 4 members (excludes halogenated alkanes) is 4. The van der Waals surface area contributed by atoms with E-state index in [1.165, 1.54) is 72.7 Å². The van der Waals surface area contributed by atoms with Gasteiger partial charge >= 0.3 is 15.3 Å². The van der Waals surface area contributed by atoms with Gasteiger partial charge in [0.15, 0.2) is 0 Å². The molecule has 37 heteroatoms. The Bertz CT molecular complexity index is 2090. The number of nitrogens with zero attached hydrogens (tertiary/aromatic N) is 4. The van der Waals surface area contributed by atoms with Crippen molar-refractivity contribution >= 4 is 95.7 Å². The van der Waals surface area contributed by atoms with Crippen LogP contribution in [-0.2, 0) is 111 Å².